The molecule has 1 aromatic rings. The number of ether oxygens (including phenoxy) is 1. The van der Waals surface area contributed by atoms with Crippen LogP contribution in [0, 0.1) is 11.7 Å². The highest BCUT2D eigenvalue weighted by Crippen LogP contribution is 2.45. The second-order valence-corrected chi connectivity index (χ2v) is 6.59. The molecule has 27 heavy (non-hydrogen) atoms. The molecule has 2 aliphatic rings. The third-order valence-corrected chi connectivity index (χ3v) is 4.67. The highest BCUT2D eigenvalue weighted by atomic mass is 19.4. The summed E-state index contributed by atoms with van der Waals surface area (Å²) in [5, 5.41) is 0. The fraction of sp³-hybridized carbons (Fsp3) is 0.650. The fourth-order valence-electron chi connectivity index (χ4n) is 3.08. The molecule has 0 aliphatic heterocycles. The smallest absolute Gasteiger partial charge is 0.391 e. The minimum absolute atomic E-state index is 0.0577. The summed E-state index contributed by atoms with van der Waals surface area (Å²) in [5.74, 6) is -1.47. The Morgan fingerprint density at radius 1 is 1.07 bits per heavy atom. The van der Waals surface area contributed by atoms with E-state index in [1.807, 2.05) is 13.8 Å². The Balaban J connectivity index is 0.000000265. The van der Waals surface area contributed by atoms with E-state index in [0.29, 0.717) is 24.5 Å². The number of rotatable bonds is 3. The van der Waals surface area contributed by atoms with Crippen LogP contribution < -0.4 is 10.5 Å². The molecule has 2 saturated carbocycles. The van der Waals surface area contributed by atoms with Gasteiger partial charge in [-0.05, 0) is 43.2 Å². The topological polar surface area (TPSA) is 52.3 Å². The van der Waals surface area contributed by atoms with Gasteiger partial charge >= 0.3 is 6.18 Å². The van der Waals surface area contributed by atoms with Crippen molar-refractivity contribution in [1.29, 1.82) is 0 Å². The fourth-order valence-corrected chi connectivity index (χ4v) is 3.08. The van der Waals surface area contributed by atoms with Crippen molar-refractivity contribution < 1.29 is 27.1 Å². The van der Waals surface area contributed by atoms with Gasteiger partial charge in [-0.3, -0.25) is 4.79 Å². The summed E-state index contributed by atoms with van der Waals surface area (Å²) in [6.45, 7) is 4.00. The zero-order valence-electron chi connectivity index (χ0n) is 16.2. The number of carbonyl (C=O) groups is 1. The Kier molecular flexibility index (Phi) is 9.06. The number of benzene rings is 1. The summed E-state index contributed by atoms with van der Waals surface area (Å²) in [7, 11) is 1.49. The summed E-state index contributed by atoms with van der Waals surface area (Å²) in [5.41, 5.74) is 5.90. The number of methoxy groups -OCH3 is 1. The maximum Gasteiger partial charge on any atom is 0.391 e. The molecule has 0 radical (unpaired) electrons. The third kappa shape index (κ3) is 7.03. The van der Waals surface area contributed by atoms with E-state index in [-0.39, 0.29) is 5.56 Å². The summed E-state index contributed by atoms with van der Waals surface area (Å²) in [6.07, 6.45) is 1.37. The highest BCUT2D eigenvalue weighted by Gasteiger charge is 2.39. The molecular weight excluding hydrogens is 362 g/mol. The SMILES string of the molecule is CC.COc1cc(F)c(C(N)=O)cc1C1CC1.FC(F)(F)C1CCCCC1. The van der Waals surface area contributed by atoms with Crippen molar-refractivity contribution in [3.63, 3.8) is 0 Å². The molecule has 7 heteroatoms. The van der Waals surface area contributed by atoms with Crippen LogP contribution in [0.5, 0.6) is 5.75 Å². The lowest BCUT2D eigenvalue weighted by Crippen LogP contribution is -2.24. The Hall–Kier alpha value is -1.79. The quantitative estimate of drug-likeness (QED) is 0.646. The predicted octanol–water partition coefficient (Wildman–Crippen LogP) is 5.97. The zero-order valence-corrected chi connectivity index (χ0v) is 16.2. The van der Waals surface area contributed by atoms with E-state index >= 15 is 0 Å². The Morgan fingerprint density at radius 3 is 2.00 bits per heavy atom. The van der Waals surface area contributed by atoms with Gasteiger partial charge in [0.2, 0.25) is 0 Å². The van der Waals surface area contributed by atoms with Crippen molar-refractivity contribution in [3.05, 3.63) is 29.1 Å². The van der Waals surface area contributed by atoms with E-state index in [2.05, 4.69) is 0 Å². The molecular formula is C20H29F4NO2. The monoisotopic (exact) mass is 391 g/mol. The van der Waals surface area contributed by atoms with Crippen LogP contribution in [0.3, 0.4) is 0 Å². The first-order chi connectivity index (χ1) is 12.7. The molecule has 0 atom stereocenters. The first-order valence-electron chi connectivity index (χ1n) is 9.48. The van der Waals surface area contributed by atoms with Crippen LogP contribution in [0.2, 0.25) is 0 Å². The number of carbonyl (C=O) groups excluding carboxylic acids is 1. The Bertz CT molecular complexity index is 607. The van der Waals surface area contributed by atoms with Gasteiger partial charge in [0.1, 0.15) is 11.6 Å². The largest absolute Gasteiger partial charge is 0.496 e. The second kappa shape index (κ2) is 10.5. The molecule has 3 rings (SSSR count). The van der Waals surface area contributed by atoms with Gasteiger partial charge in [-0.1, -0.05) is 33.1 Å². The van der Waals surface area contributed by atoms with E-state index in [0.717, 1.165) is 37.7 Å². The average Bonchev–Trinajstić information content (AvgIpc) is 3.48. The molecule has 0 aromatic heterocycles. The minimum Gasteiger partial charge on any atom is -0.496 e. The molecule has 0 unspecified atom stereocenters. The van der Waals surface area contributed by atoms with E-state index < -0.39 is 23.8 Å². The lowest BCUT2D eigenvalue weighted by atomic mass is 9.89. The van der Waals surface area contributed by atoms with Crippen LogP contribution >= 0.6 is 0 Å². The number of hydrogen-bond acceptors (Lipinski definition) is 2. The first kappa shape index (κ1) is 23.2. The van der Waals surface area contributed by atoms with Crippen molar-refractivity contribution >= 4 is 5.91 Å². The van der Waals surface area contributed by atoms with Gasteiger partial charge in [0.15, 0.2) is 0 Å². The van der Waals surface area contributed by atoms with Gasteiger partial charge in [0, 0.05) is 6.07 Å². The standard InChI is InChI=1S/C11H12FNO2.C7H11F3.C2H6/c1-15-10-5-9(12)8(11(13)14)4-7(10)6-2-3-6;8-7(9,10)6-4-2-1-3-5-6;1-2/h4-6H,2-3H2,1H3,(H2,13,14);6H,1-5H2;1-2H3. The van der Waals surface area contributed by atoms with Gasteiger partial charge in [0.05, 0.1) is 18.6 Å². The normalized spacial score (nSPS) is 17.1. The summed E-state index contributed by atoms with van der Waals surface area (Å²) >= 11 is 0. The number of amides is 1. The van der Waals surface area contributed by atoms with Crippen LogP contribution in [0.15, 0.2) is 12.1 Å². The zero-order chi connectivity index (χ0) is 20.6. The maximum absolute atomic E-state index is 13.4. The first-order valence-corrected chi connectivity index (χ1v) is 9.48. The molecule has 2 aliphatic carbocycles. The van der Waals surface area contributed by atoms with Crippen LogP contribution in [0.25, 0.3) is 0 Å². The van der Waals surface area contributed by atoms with Gasteiger partial charge < -0.3 is 10.5 Å². The van der Waals surface area contributed by atoms with Crippen molar-refractivity contribution in [2.24, 2.45) is 11.7 Å². The number of alkyl halides is 3. The van der Waals surface area contributed by atoms with Crippen molar-refractivity contribution in [2.75, 3.05) is 7.11 Å². The van der Waals surface area contributed by atoms with Crippen LogP contribution in [0.1, 0.15) is 80.6 Å². The molecule has 3 nitrogen and oxygen atoms in total. The van der Waals surface area contributed by atoms with Crippen LogP contribution in [0.4, 0.5) is 17.6 Å². The van der Waals surface area contributed by atoms with Crippen molar-refractivity contribution in [3.8, 4) is 5.75 Å². The van der Waals surface area contributed by atoms with Gasteiger partial charge in [-0.25, -0.2) is 4.39 Å². The lowest BCUT2D eigenvalue weighted by Gasteiger charge is -2.23. The lowest BCUT2D eigenvalue weighted by molar-refractivity contribution is -0.181. The minimum atomic E-state index is -3.93. The second-order valence-electron chi connectivity index (χ2n) is 6.59. The summed E-state index contributed by atoms with van der Waals surface area (Å²) < 4.78 is 54.3. The van der Waals surface area contributed by atoms with E-state index in [4.69, 9.17) is 10.5 Å². The molecule has 1 aromatic carbocycles. The highest BCUT2D eigenvalue weighted by molar-refractivity contribution is 5.93. The maximum atomic E-state index is 13.4. The van der Waals surface area contributed by atoms with E-state index in [1.54, 1.807) is 0 Å². The van der Waals surface area contributed by atoms with Crippen LogP contribution in [-0.4, -0.2) is 19.2 Å². The van der Waals surface area contributed by atoms with Gasteiger partial charge in [-0.15, -0.1) is 0 Å². The average molecular weight is 391 g/mol. The number of hydrogen-bond donors (Lipinski definition) is 1. The van der Waals surface area contributed by atoms with Gasteiger partial charge in [0.25, 0.3) is 5.91 Å². The molecule has 2 fully saturated rings. The van der Waals surface area contributed by atoms with Gasteiger partial charge in [-0.2, -0.15) is 13.2 Å². The van der Waals surface area contributed by atoms with Crippen molar-refractivity contribution in [1.82, 2.24) is 0 Å². The predicted molar refractivity (Wildman–Crippen MR) is 97.4 cm³/mol. The third-order valence-electron chi connectivity index (χ3n) is 4.67. The summed E-state index contributed by atoms with van der Waals surface area (Å²) in [4.78, 5) is 11.0. The van der Waals surface area contributed by atoms with E-state index in [1.165, 1.54) is 19.2 Å². The Morgan fingerprint density at radius 2 is 1.63 bits per heavy atom. The molecule has 0 bridgehead atoms. The van der Waals surface area contributed by atoms with Crippen LogP contribution in [-0.2, 0) is 0 Å². The van der Waals surface area contributed by atoms with Crippen molar-refractivity contribution in [2.45, 2.75) is 70.9 Å². The molecule has 1 amide bonds. The molecule has 154 valence electrons. The molecule has 2 N–H and O–H groups in total. The molecule has 0 heterocycles. The number of halogens is 4. The molecule has 0 spiro atoms. The van der Waals surface area contributed by atoms with E-state index in [9.17, 15) is 22.4 Å². The number of nitrogens with two attached hydrogens (primary N) is 1. The molecule has 0 saturated heterocycles. The summed E-state index contributed by atoms with van der Waals surface area (Å²) in [6, 6.07) is 2.74. The Labute approximate surface area is 158 Å². The number of primary amides is 1.